The maximum Gasteiger partial charge on any atom is 0.277 e. The fraction of sp³-hybridized carbons (Fsp3) is 0.556. The van der Waals surface area contributed by atoms with E-state index in [0.29, 0.717) is 36.9 Å². The summed E-state index contributed by atoms with van der Waals surface area (Å²) in [6.07, 6.45) is 2.56. The topological polar surface area (TPSA) is 86.1 Å². The van der Waals surface area contributed by atoms with Gasteiger partial charge in [-0.3, -0.25) is 9.59 Å². The molecule has 25 heavy (non-hydrogen) atoms. The molecular weight excluding hydrogens is 320 g/mol. The van der Waals surface area contributed by atoms with E-state index in [9.17, 15) is 9.59 Å². The molecule has 134 valence electrons. The summed E-state index contributed by atoms with van der Waals surface area (Å²) >= 11 is 0. The van der Waals surface area contributed by atoms with Crippen molar-refractivity contribution in [2.45, 2.75) is 57.7 Å². The molecule has 1 saturated heterocycles. The summed E-state index contributed by atoms with van der Waals surface area (Å²) in [6, 6.07) is 7.28. The van der Waals surface area contributed by atoms with Gasteiger partial charge in [-0.1, -0.05) is 17.3 Å². The van der Waals surface area contributed by atoms with Gasteiger partial charge in [0.15, 0.2) is 0 Å². The first kappa shape index (κ1) is 17.5. The Bertz CT molecular complexity index is 815. The lowest BCUT2D eigenvalue weighted by molar-refractivity contribution is -0.124. The number of nitrogens with one attached hydrogen (secondary N) is 1. The largest absolute Gasteiger partial charge is 0.375 e. The molecule has 0 spiro atoms. The molecule has 1 aromatic carbocycles. The molecule has 1 amide bonds. The standard InChI is InChI=1S/C18H24N4O3/c1-18(2)12-13(9-11-25-18)19-16(23)8-5-10-22-17(24)14-6-3-4-7-15(14)20-21-22/h3-4,6-7,13H,5,8-12H2,1-2H3,(H,19,23)/t13-/m0/s1. The molecule has 0 saturated carbocycles. The first-order chi connectivity index (χ1) is 11.9. The lowest BCUT2D eigenvalue weighted by Gasteiger charge is -2.35. The van der Waals surface area contributed by atoms with Crippen molar-refractivity contribution in [1.29, 1.82) is 0 Å². The van der Waals surface area contributed by atoms with Gasteiger partial charge >= 0.3 is 0 Å². The van der Waals surface area contributed by atoms with Crippen molar-refractivity contribution in [3.63, 3.8) is 0 Å². The number of fused-ring (bicyclic) bond motifs is 1. The molecular formula is C18H24N4O3. The van der Waals surface area contributed by atoms with E-state index in [1.54, 1.807) is 18.2 Å². The maximum atomic E-state index is 12.3. The van der Waals surface area contributed by atoms with Gasteiger partial charge in [0, 0.05) is 25.6 Å². The Morgan fingerprint density at radius 3 is 3.00 bits per heavy atom. The van der Waals surface area contributed by atoms with Crippen LogP contribution in [0, 0.1) is 0 Å². The summed E-state index contributed by atoms with van der Waals surface area (Å²) < 4.78 is 6.99. The van der Waals surface area contributed by atoms with Crippen molar-refractivity contribution >= 4 is 16.8 Å². The molecule has 3 rings (SSSR count). The molecule has 0 aliphatic carbocycles. The van der Waals surface area contributed by atoms with Gasteiger partial charge in [-0.05, 0) is 45.2 Å². The van der Waals surface area contributed by atoms with Crippen molar-refractivity contribution in [1.82, 2.24) is 20.3 Å². The van der Waals surface area contributed by atoms with Crippen LogP contribution < -0.4 is 10.9 Å². The van der Waals surface area contributed by atoms with Crippen LogP contribution in [0.3, 0.4) is 0 Å². The number of hydrogen-bond donors (Lipinski definition) is 1. The molecule has 1 fully saturated rings. The predicted octanol–water partition coefficient (Wildman–Crippen LogP) is 1.65. The quantitative estimate of drug-likeness (QED) is 0.891. The minimum Gasteiger partial charge on any atom is -0.375 e. The van der Waals surface area contributed by atoms with E-state index in [0.717, 1.165) is 12.8 Å². The molecule has 0 bridgehead atoms. The second-order valence-corrected chi connectivity index (χ2v) is 7.10. The highest BCUT2D eigenvalue weighted by Gasteiger charge is 2.29. The van der Waals surface area contributed by atoms with Gasteiger partial charge in [0.05, 0.1) is 11.0 Å². The lowest BCUT2D eigenvalue weighted by Crippen LogP contribution is -2.45. The highest BCUT2D eigenvalue weighted by molar-refractivity contribution is 5.77. The number of benzene rings is 1. The number of aryl methyl sites for hydroxylation is 1. The van der Waals surface area contributed by atoms with E-state index in [-0.39, 0.29) is 23.1 Å². The summed E-state index contributed by atoms with van der Waals surface area (Å²) in [5.74, 6) is 0.00416. The number of amides is 1. The number of hydrogen-bond acceptors (Lipinski definition) is 5. The van der Waals surface area contributed by atoms with Gasteiger partial charge in [-0.15, -0.1) is 5.10 Å². The van der Waals surface area contributed by atoms with Gasteiger partial charge in [0.2, 0.25) is 5.91 Å². The minimum atomic E-state index is -0.190. The van der Waals surface area contributed by atoms with Crippen molar-refractivity contribution in [3.05, 3.63) is 34.6 Å². The van der Waals surface area contributed by atoms with Gasteiger partial charge in [-0.25, -0.2) is 4.68 Å². The number of ether oxygens (including phenoxy) is 1. The highest BCUT2D eigenvalue weighted by atomic mass is 16.5. The second kappa shape index (κ2) is 7.31. The van der Waals surface area contributed by atoms with E-state index in [1.165, 1.54) is 4.68 Å². The molecule has 1 aliphatic rings. The summed E-state index contributed by atoms with van der Waals surface area (Å²) in [5.41, 5.74) is 0.227. The van der Waals surface area contributed by atoms with Crippen LogP contribution in [-0.4, -0.2) is 39.2 Å². The maximum absolute atomic E-state index is 12.3. The zero-order valence-electron chi connectivity index (χ0n) is 14.7. The van der Waals surface area contributed by atoms with Gasteiger partial charge in [0.1, 0.15) is 5.52 Å². The number of carbonyl (C=O) groups is 1. The molecule has 1 N–H and O–H groups in total. The Morgan fingerprint density at radius 1 is 1.40 bits per heavy atom. The molecule has 7 nitrogen and oxygen atoms in total. The average molecular weight is 344 g/mol. The van der Waals surface area contributed by atoms with Crippen molar-refractivity contribution < 1.29 is 9.53 Å². The fourth-order valence-corrected chi connectivity index (χ4v) is 3.21. The average Bonchev–Trinajstić information content (AvgIpc) is 2.56. The first-order valence-corrected chi connectivity index (χ1v) is 8.70. The molecule has 1 atom stereocenters. The Kier molecular flexibility index (Phi) is 5.13. The van der Waals surface area contributed by atoms with E-state index in [4.69, 9.17) is 4.74 Å². The molecule has 1 aromatic heterocycles. The van der Waals surface area contributed by atoms with Crippen LogP contribution in [0.25, 0.3) is 10.9 Å². The van der Waals surface area contributed by atoms with Gasteiger partial charge in [0.25, 0.3) is 5.56 Å². The molecule has 2 aromatic rings. The van der Waals surface area contributed by atoms with Crippen LogP contribution >= 0.6 is 0 Å². The third-order valence-corrected chi connectivity index (χ3v) is 4.47. The SMILES string of the molecule is CC1(C)C[C@@H](NC(=O)CCCn2nnc3ccccc3c2=O)CCO1. The predicted molar refractivity (Wildman–Crippen MR) is 94.2 cm³/mol. The first-order valence-electron chi connectivity index (χ1n) is 8.70. The van der Waals surface area contributed by atoms with Crippen LogP contribution in [0.5, 0.6) is 0 Å². The molecule has 1 aliphatic heterocycles. The molecule has 0 radical (unpaired) electrons. The molecule has 0 unspecified atom stereocenters. The van der Waals surface area contributed by atoms with Gasteiger partial charge in [-0.2, -0.15) is 0 Å². The fourth-order valence-electron chi connectivity index (χ4n) is 3.21. The Labute approximate surface area is 146 Å². The third kappa shape index (κ3) is 4.42. The second-order valence-electron chi connectivity index (χ2n) is 7.10. The normalized spacial score (nSPS) is 19.7. The van der Waals surface area contributed by atoms with Crippen LogP contribution in [-0.2, 0) is 16.1 Å². The van der Waals surface area contributed by atoms with E-state index in [2.05, 4.69) is 15.6 Å². The van der Waals surface area contributed by atoms with Crippen molar-refractivity contribution in [3.8, 4) is 0 Å². The Balaban J connectivity index is 1.52. The van der Waals surface area contributed by atoms with Crippen LogP contribution in [0.4, 0.5) is 0 Å². The van der Waals surface area contributed by atoms with Crippen molar-refractivity contribution in [2.24, 2.45) is 0 Å². The summed E-state index contributed by atoms with van der Waals surface area (Å²) in [4.78, 5) is 24.5. The lowest BCUT2D eigenvalue weighted by atomic mass is 9.94. The number of nitrogens with zero attached hydrogens (tertiary/aromatic N) is 3. The summed E-state index contributed by atoms with van der Waals surface area (Å²) in [6.45, 7) is 5.12. The third-order valence-electron chi connectivity index (χ3n) is 4.47. The monoisotopic (exact) mass is 344 g/mol. The minimum absolute atomic E-state index is 0.00416. The zero-order chi connectivity index (χ0) is 17.9. The van der Waals surface area contributed by atoms with E-state index >= 15 is 0 Å². The Morgan fingerprint density at radius 2 is 2.20 bits per heavy atom. The summed E-state index contributed by atoms with van der Waals surface area (Å²) in [5, 5.41) is 11.6. The zero-order valence-corrected chi connectivity index (χ0v) is 14.7. The van der Waals surface area contributed by atoms with E-state index in [1.807, 2.05) is 19.9 Å². The number of rotatable bonds is 5. The molecule has 7 heteroatoms. The van der Waals surface area contributed by atoms with Crippen molar-refractivity contribution in [2.75, 3.05) is 6.61 Å². The van der Waals surface area contributed by atoms with Gasteiger partial charge < -0.3 is 10.1 Å². The summed E-state index contributed by atoms with van der Waals surface area (Å²) in [7, 11) is 0. The number of aromatic nitrogens is 3. The van der Waals surface area contributed by atoms with Crippen LogP contribution in [0.1, 0.15) is 39.5 Å². The van der Waals surface area contributed by atoms with Crippen LogP contribution in [0.2, 0.25) is 0 Å². The van der Waals surface area contributed by atoms with E-state index < -0.39 is 0 Å². The highest BCUT2D eigenvalue weighted by Crippen LogP contribution is 2.23. The molecule has 2 heterocycles. The number of carbonyl (C=O) groups excluding carboxylic acids is 1. The van der Waals surface area contributed by atoms with Crippen LogP contribution in [0.15, 0.2) is 29.1 Å². The smallest absolute Gasteiger partial charge is 0.277 e. The Hall–Kier alpha value is -2.28.